The minimum atomic E-state index is -1.26. The largest absolute Gasteiger partial charge is 0.505 e. The number of carbonyl (C=O) groups is 2. The normalized spacial score (nSPS) is 14.7. The van der Waals surface area contributed by atoms with Crippen LogP contribution in [0.2, 0.25) is 0 Å². The first kappa shape index (κ1) is 22.5. The molecule has 0 saturated heterocycles. The van der Waals surface area contributed by atoms with Gasteiger partial charge in [0.05, 0.1) is 11.1 Å². The second-order valence-electron chi connectivity index (χ2n) is 8.83. The van der Waals surface area contributed by atoms with E-state index >= 15 is 0 Å². The molecule has 3 aromatic heterocycles. The lowest BCUT2D eigenvalue weighted by Gasteiger charge is -2.10. The molecule has 180 valence electrons. The van der Waals surface area contributed by atoms with Gasteiger partial charge in [-0.3, -0.25) is 14.3 Å². The molecule has 1 amide bonds. The maximum atomic E-state index is 13.9. The van der Waals surface area contributed by atoms with E-state index in [-0.39, 0.29) is 17.2 Å². The van der Waals surface area contributed by atoms with Gasteiger partial charge in [-0.2, -0.15) is 0 Å². The van der Waals surface area contributed by atoms with E-state index in [0.717, 1.165) is 0 Å². The summed E-state index contributed by atoms with van der Waals surface area (Å²) in [5.74, 6) is -1.02. The topological polar surface area (TPSA) is 99.3 Å². The van der Waals surface area contributed by atoms with Crippen LogP contribution in [-0.2, 0) is 7.05 Å². The third-order valence-corrected chi connectivity index (χ3v) is 6.62. The molecule has 1 aliphatic heterocycles. The minimum Gasteiger partial charge on any atom is -0.505 e. The number of carbonyl (C=O) groups excluding carboxylic acids is 2. The first-order valence-corrected chi connectivity index (χ1v) is 11.7. The Balaban J connectivity index is 1.69. The number of benzene rings is 2. The van der Waals surface area contributed by atoms with Gasteiger partial charge in [0.2, 0.25) is 5.69 Å². The van der Waals surface area contributed by atoms with Crippen molar-refractivity contribution < 1.29 is 28.9 Å². The fourth-order valence-corrected chi connectivity index (χ4v) is 4.84. The number of rotatable bonds is 3. The van der Waals surface area contributed by atoms with Crippen LogP contribution in [0.25, 0.3) is 10.9 Å². The van der Waals surface area contributed by atoms with E-state index in [0.29, 0.717) is 33.3 Å². The maximum Gasteiger partial charge on any atom is 0.426 e. The van der Waals surface area contributed by atoms with Gasteiger partial charge in [-0.15, -0.1) is 4.58 Å². The van der Waals surface area contributed by atoms with Crippen molar-refractivity contribution in [3.8, 4) is 5.75 Å². The number of pyridine rings is 2. The molecular formula is C29H22N4O4+2. The summed E-state index contributed by atoms with van der Waals surface area (Å²) in [4.78, 5) is 31.8. The first-order chi connectivity index (χ1) is 18.0. The molecule has 0 aliphatic carbocycles. The van der Waals surface area contributed by atoms with Crippen molar-refractivity contribution in [3.05, 3.63) is 120 Å². The Labute approximate surface area is 211 Å². The molecule has 1 aliphatic rings. The fourth-order valence-electron chi connectivity index (χ4n) is 4.84. The number of hydrogen-bond acceptors (Lipinski definition) is 5. The van der Waals surface area contributed by atoms with E-state index in [9.17, 15) is 19.8 Å². The molecule has 0 bridgehead atoms. The number of nitrogens with zero attached hydrogens (tertiary/aromatic N) is 4. The highest BCUT2D eigenvalue weighted by molar-refractivity contribution is 6.17. The van der Waals surface area contributed by atoms with Gasteiger partial charge in [-0.1, -0.05) is 24.3 Å². The summed E-state index contributed by atoms with van der Waals surface area (Å²) in [6.45, 7) is 0. The van der Waals surface area contributed by atoms with E-state index in [2.05, 4.69) is 4.98 Å². The zero-order chi connectivity index (χ0) is 25.7. The standard InChI is InChI=1S/C29H21N4O4/c1-31-16-12-19(13-17-31)29(37)33-23-9-5-3-7-21(23)27(35)25(33)24-26(34)20-6-2-4-8-22(20)32(24)28(36)18-10-14-30-15-11-18/h2-17,27,35H,1H3/q+1/p+1. The number of aryl methyl sites for hydroxylation is 1. The molecule has 0 spiro atoms. The molecule has 8 heteroatoms. The fraction of sp³-hybridized carbons (Fsp3) is 0.0690. The summed E-state index contributed by atoms with van der Waals surface area (Å²) < 4.78 is 4.56. The molecule has 8 nitrogen and oxygen atoms in total. The number of aliphatic hydroxyl groups is 1. The van der Waals surface area contributed by atoms with E-state index in [4.69, 9.17) is 0 Å². The SMILES string of the molecule is C[n+]1ccc(C(=O)[N+]2=C(c3c(O)c4ccccc4n3C(=O)c3ccncc3)C(O)c3ccccc32)cc1. The van der Waals surface area contributed by atoms with Gasteiger partial charge < -0.3 is 10.2 Å². The molecular weight excluding hydrogens is 468 g/mol. The average molecular weight is 491 g/mol. The summed E-state index contributed by atoms with van der Waals surface area (Å²) in [6, 6.07) is 20.5. The summed E-state index contributed by atoms with van der Waals surface area (Å²) in [5.41, 5.74) is 2.33. The van der Waals surface area contributed by atoms with E-state index in [1.807, 2.05) is 11.6 Å². The molecule has 1 atom stereocenters. The Morgan fingerprint density at radius 2 is 1.57 bits per heavy atom. The average Bonchev–Trinajstić information content (AvgIpc) is 3.39. The molecule has 37 heavy (non-hydrogen) atoms. The van der Waals surface area contributed by atoms with Crippen LogP contribution in [0.15, 0.2) is 97.6 Å². The number of aliphatic hydroxyl groups excluding tert-OH is 1. The minimum absolute atomic E-state index is 0.0570. The van der Waals surface area contributed by atoms with Crippen LogP contribution in [0.3, 0.4) is 0 Å². The predicted molar refractivity (Wildman–Crippen MR) is 135 cm³/mol. The van der Waals surface area contributed by atoms with Crippen LogP contribution in [-0.4, -0.2) is 41.9 Å². The van der Waals surface area contributed by atoms with Crippen molar-refractivity contribution in [3.63, 3.8) is 0 Å². The Bertz CT molecular complexity index is 1740. The molecule has 2 N–H and O–H groups in total. The van der Waals surface area contributed by atoms with Crippen LogP contribution >= 0.6 is 0 Å². The summed E-state index contributed by atoms with van der Waals surface area (Å²) in [5, 5.41) is 23.4. The molecule has 0 radical (unpaired) electrons. The number of fused-ring (bicyclic) bond motifs is 2. The Morgan fingerprint density at radius 1 is 0.892 bits per heavy atom. The molecule has 4 heterocycles. The molecule has 6 rings (SSSR count). The van der Waals surface area contributed by atoms with Gasteiger partial charge in [0.1, 0.15) is 12.6 Å². The second-order valence-corrected chi connectivity index (χ2v) is 8.83. The highest BCUT2D eigenvalue weighted by atomic mass is 16.3. The predicted octanol–water partition coefficient (Wildman–Crippen LogP) is 3.28. The molecule has 2 aromatic carbocycles. The lowest BCUT2D eigenvalue weighted by atomic mass is 10.0. The van der Waals surface area contributed by atoms with Gasteiger partial charge >= 0.3 is 5.91 Å². The quantitative estimate of drug-likeness (QED) is 0.378. The van der Waals surface area contributed by atoms with Crippen molar-refractivity contribution >= 4 is 34.1 Å². The highest BCUT2D eigenvalue weighted by Crippen LogP contribution is 2.42. The Kier molecular flexibility index (Phi) is 5.24. The van der Waals surface area contributed by atoms with Gasteiger partial charge in [0.25, 0.3) is 11.6 Å². The van der Waals surface area contributed by atoms with Gasteiger partial charge in [0, 0.05) is 41.5 Å². The number of hydrogen-bond donors (Lipinski definition) is 2. The number of amides is 1. The summed E-state index contributed by atoms with van der Waals surface area (Å²) >= 11 is 0. The lowest BCUT2D eigenvalue weighted by molar-refractivity contribution is -0.671. The van der Waals surface area contributed by atoms with E-state index < -0.39 is 17.9 Å². The van der Waals surface area contributed by atoms with Crippen LogP contribution in [0.5, 0.6) is 5.75 Å². The van der Waals surface area contributed by atoms with Crippen molar-refractivity contribution in [1.29, 1.82) is 0 Å². The summed E-state index contributed by atoms with van der Waals surface area (Å²) in [7, 11) is 1.85. The zero-order valence-electron chi connectivity index (χ0n) is 19.8. The maximum absolute atomic E-state index is 13.9. The second kappa shape index (κ2) is 8.61. The van der Waals surface area contributed by atoms with Crippen LogP contribution < -0.4 is 4.57 Å². The van der Waals surface area contributed by atoms with Crippen molar-refractivity contribution in [2.24, 2.45) is 7.05 Å². The van der Waals surface area contributed by atoms with Gasteiger partial charge in [0.15, 0.2) is 29.9 Å². The third-order valence-electron chi connectivity index (χ3n) is 6.62. The number of para-hydroxylation sites is 2. The van der Waals surface area contributed by atoms with Gasteiger partial charge in [-0.05, 0) is 30.3 Å². The monoisotopic (exact) mass is 490 g/mol. The third kappa shape index (κ3) is 3.46. The van der Waals surface area contributed by atoms with E-state index in [1.165, 1.54) is 21.5 Å². The zero-order valence-corrected chi connectivity index (χ0v) is 19.8. The molecule has 0 saturated carbocycles. The van der Waals surface area contributed by atoms with Crippen LogP contribution in [0.4, 0.5) is 5.69 Å². The van der Waals surface area contributed by atoms with Crippen molar-refractivity contribution in [1.82, 2.24) is 9.55 Å². The molecule has 0 fully saturated rings. The smallest absolute Gasteiger partial charge is 0.426 e. The number of aromatic nitrogens is 3. The van der Waals surface area contributed by atoms with Crippen molar-refractivity contribution in [2.45, 2.75) is 6.10 Å². The van der Waals surface area contributed by atoms with Crippen LogP contribution in [0, 0.1) is 0 Å². The molecule has 1 unspecified atom stereocenters. The molecule has 5 aromatic rings. The summed E-state index contributed by atoms with van der Waals surface area (Å²) in [6.07, 6.45) is 5.27. The van der Waals surface area contributed by atoms with E-state index in [1.54, 1.807) is 85.2 Å². The van der Waals surface area contributed by atoms with Crippen LogP contribution in [0.1, 0.15) is 38.1 Å². The number of aromatic hydroxyl groups is 1. The lowest BCUT2D eigenvalue weighted by Crippen LogP contribution is -2.30. The Hall–Kier alpha value is -4.95. The van der Waals surface area contributed by atoms with Gasteiger partial charge in [-0.25, -0.2) is 9.36 Å². The highest BCUT2D eigenvalue weighted by Gasteiger charge is 2.47. The first-order valence-electron chi connectivity index (χ1n) is 11.7. The van der Waals surface area contributed by atoms with Crippen molar-refractivity contribution in [2.75, 3.05) is 0 Å². The Morgan fingerprint density at radius 3 is 2.32 bits per heavy atom.